The summed E-state index contributed by atoms with van der Waals surface area (Å²) in [4.78, 5) is 189. The molecule has 3 aromatic carbocycles. The van der Waals surface area contributed by atoms with Crippen molar-refractivity contribution in [2.24, 2.45) is 34.6 Å². The van der Waals surface area contributed by atoms with E-state index >= 15 is 0 Å². The number of fused-ring (bicyclic) bond motifs is 1. The molecule has 1 aliphatic heterocycles. The van der Waals surface area contributed by atoms with E-state index in [1.54, 1.807) is 123 Å². The third-order valence-electron chi connectivity index (χ3n) is 17.1. The number of nitrogens with one attached hydrogen (secondary N) is 12. The molecule has 24 N–H and O–H groups in total. The van der Waals surface area contributed by atoms with Gasteiger partial charge in [-0.05, 0) is 158 Å². The Morgan fingerprint density at radius 3 is 1.78 bits per heavy atom. The van der Waals surface area contributed by atoms with E-state index in [4.69, 9.17) is 33.4 Å². The van der Waals surface area contributed by atoms with Gasteiger partial charge in [0.1, 0.15) is 60.4 Å². The minimum Gasteiger partial charge on any atom is -0.438 e. The Hall–Kier alpha value is -10.8. The van der Waals surface area contributed by atoms with Gasteiger partial charge in [0.2, 0.25) is 59.1 Å². The van der Waals surface area contributed by atoms with Crippen molar-refractivity contribution in [2.45, 2.75) is 161 Å². The molecule has 3 heterocycles. The topological polar surface area (TPSA) is 577 Å². The lowest BCUT2D eigenvalue weighted by Gasteiger charge is -2.29. The van der Waals surface area contributed by atoms with Crippen LogP contribution in [0.15, 0.2) is 107 Å². The molecule has 36 nitrogen and oxygen atoms in total. The molecule has 5 aromatic rings. The molecule has 0 spiro atoms. The highest BCUT2D eigenvalue weighted by atomic mass is 32.2. The molecular formula is C72H100N20O16S. The van der Waals surface area contributed by atoms with Gasteiger partial charge in [-0.1, -0.05) is 74.1 Å². The van der Waals surface area contributed by atoms with Crippen LogP contribution in [-0.4, -0.2) is 228 Å². The number of ether oxygens (including phenoxy) is 1. The molecule has 0 saturated carbocycles. The van der Waals surface area contributed by atoms with Crippen molar-refractivity contribution < 1.29 is 77.3 Å². The number of rotatable bonds is 30. The Morgan fingerprint density at radius 1 is 0.624 bits per heavy atom. The summed E-state index contributed by atoms with van der Waals surface area (Å²) in [7, 11) is 1.52. The SMILES string of the molecule is CNC(=O)c1ccccc1Sc1ccc2c(/C=C/c3ccccn3)n(C(=O)OCC(=O)N[C@@H](CCN)C(=O)N[C@H](C(=O)N[C@@H](CCN)C(=O)N[C@H]3CCNC(=O)[C@H]([C@@H](C)O)NC(=O)[C@H](CCN)NC(=O)[C@H](CCN)NC(=O)[C@H](CC(C)C)NC(=O)[C@@H](Cc4ccccc4)NC(=O)[C@H](CCN)NC3=O)[C@@H](C)O)nc2c1. The summed E-state index contributed by atoms with van der Waals surface area (Å²) in [5, 5.41) is 57.3. The van der Waals surface area contributed by atoms with Crippen molar-refractivity contribution >= 4 is 112 Å². The summed E-state index contributed by atoms with van der Waals surface area (Å²) in [6.07, 6.45) is -1.59. The summed E-state index contributed by atoms with van der Waals surface area (Å²) >= 11 is 1.29. The van der Waals surface area contributed by atoms with E-state index in [-0.39, 0.29) is 95.2 Å². The lowest BCUT2D eigenvalue weighted by atomic mass is 10.00. The van der Waals surface area contributed by atoms with Crippen molar-refractivity contribution in [1.29, 1.82) is 0 Å². The average Bonchev–Trinajstić information content (AvgIpc) is 1.63. The molecule has 37 heteroatoms. The van der Waals surface area contributed by atoms with Gasteiger partial charge in [-0.25, -0.2) is 4.79 Å². The van der Waals surface area contributed by atoms with Crippen molar-refractivity contribution in [3.8, 4) is 0 Å². The maximum Gasteiger partial charge on any atom is 0.435 e. The van der Waals surface area contributed by atoms with Crippen LogP contribution in [0.2, 0.25) is 0 Å². The minimum absolute atomic E-state index is 0.0158. The first kappa shape index (κ1) is 87.1. The van der Waals surface area contributed by atoms with Crippen LogP contribution in [0.25, 0.3) is 23.1 Å². The zero-order valence-electron chi connectivity index (χ0n) is 61.3. The van der Waals surface area contributed by atoms with Crippen LogP contribution in [0.4, 0.5) is 4.79 Å². The van der Waals surface area contributed by atoms with E-state index in [0.717, 1.165) is 11.6 Å². The van der Waals surface area contributed by atoms with E-state index in [1.807, 2.05) is 0 Å². The molecular weight excluding hydrogens is 1430 g/mol. The number of amides is 12. The van der Waals surface area contributed by atoms with Gasteiger partial charge in [0, 0.05) is 41.4 Å². The summed E-state index contributed by atoms with van der Waals surface area (Å²) < 4.78 is 6.38. The van der Waals surface area contributed by atoms with Gasteiger partial charge in [-0.2, -0.15) is 9.78 Å². The fraction of sp³-hybridized carbons (Fsp3) is 0.458. The van der Waals surface area contributed by atoms with Gasteiger partial charge in [0.15, 0.2) is 6.61 Å². The van der Waals surface area contributed by atoms with E-state index < -0.39 is 163 Å². The molecule has 2 aromatic heterocycles. The van der Waals surface area contributed by atoms with Crippen molar-refractivity contribution in [3.63, 3.8) is 0 Å². The predicted molar refractivity (Wildman–Crippen MR) is 402 cm³/mol. The Bertz CT molecular complexity index is 4000. The molecule has 6 rings (SSSR count). The number of aliphatic hydroxyl groups excluding tert-OH is 2. The molecule has 0 unspecified atom stereocenters. The molecule has 1 saturated heterocycles. The third kappa shape index (κ3) is 26.5. The lowest BCUT2D eigenvalue weighted by Crippen LogP contribution is -2.62. The number of benzene rings is 3. The van der Waals surface area contributed by atoms with Crippen LogP contribution in [-0.2, 0) is 63.9 Å². The molecule has 12 amide bonds. The number of aliphatic hydroxyl groups is 2. The molecule has 1 fully saturated rings. The highest BCUT2D eigenvalue weighted by Gasteiger charge is 2.38. The monoisotopic (exact) mass is 1530 g/mol. The van der Waals surface area contributed by atoms with Crippen molar-refractivity contribution in [1.82, 2.24) is 78.6 Å². The smallest absolute Gasteiger partial charge is 0.435 e. The Kier molecular flexibility index (Phi) is 35.1. The third-order valence-corrected chi connectivity index (χ3v) is 18.1. The van der Waals surface area contributed by atoms with Crippen LogP contribution >= 0.6 is 11.8 Å². The normalized spacial score (nSPS) is 20.1. The van der Waals surface area contributed by atoms with Gasteiger partial charge in [0.05, 0.1) is 34.7 Å². The average molecular weight is 1530 g/mol. The molecule has 1 aliphatic rings. The number of nitrogens with two attached hydrogens (primary N) is 5. The highest BCUT2D eigenvalue weighted by molar-refractivity contribution is 7.99. The Balaban J connectivity index is 1.23. The summed E-state index contributed by atoms with van der Waals surface area (Å²) in [6, 6.07) is 10.1. The van der Waals surface area contributed by atoms with E-state index in [2.05, 4.69) is 73.9 Å². The molecule has 109 heavy (non-hydrogen) atoms. The van der Waals surface area contributed by atoms with Crippen molar-refractivity contribution in [2.75, 3.05) is 52.9 Å². The molecule has 590 valence electrons. The first-order chi connectivity index (χ1) is 52.1. The van der Waals surface area contributed by atoms with Crippen LogP contribution in [0.3, 0.4) is 0 Å². The molecule has 0 radical (unpaired) electrons. The first-order valence-electron chi connectivity index (χ1n) is 35.6. The predicted octanol–water partition coefficient (Wildman–Crippen LogP) is -3.74. The highest BCUT2D eigenvalue weighted by Crippen LogP contribution is 2.34. The number of nitrogens with zero attached hydrogens (tertiary/aromatic N) is 3. The van der Waals surface area contributed by atoms with E-state index in [1.165, 1.54) is 25.7 Å². The number of aromatic nitrogens is 3. The number of hydrogen-bond donors (Lipinski definition) is 19. The molecule has 0 bridgehead atoms. The number of hydrogen-bond acceptors (Lipinski definition) is 24. The second-order valence-electron chi connectivity index (χ2n) is 26.1. The standard InChI is InChI=1S/C72H100N20O16S/c1-39(2)35-54-68(103)84-48(23-29-74)62(97)83-51(26-32-77)67(102)89-59(40(3)93)70(105)80-34-27-52(65(100)82-49(24-30-75)64(99)88-55(69(104)87-54)36-42-13-7-6-8-14-42)85-63(98)50(25-31-76)86-71(106)60(41(4)94)90-66(101)47(22-28-73)81-58(95)38-108-72(107)92-56(21-18-43-15-11-12-33-79-43)45-20-19-44(37-53(45)91-92)109-57-17-10-9-16-46(57)61(96)78-5/h6-21,33,37,39-41,47-52,54-55,59-60,93-94H,22-32,34-36,38,73-77H2,1-5H3,(H,78,96)(H,80,105)(H,81,95)(H,82,100)(H,83,97)(H,84,103)(H,85,98)(H,86,106)(H,87,104)(H,88,99)(H,89,102)(H,90,101)/b21-18+/t40-,41-,47+,48+,49+,50+,51+,52+,54+,55-,59+,60+/m1/s1. The fourth-order valence-electron chi connectivity index (χ4n) is 11.4. The fourth-order valence-corrected chi connectivity index (χ4v) is 12.4. The van der Waals surface area contributed by atoms with Gasteiger partial charge in [-0.15, -0.1) is 0 Å². The van der Waals surface area contributed by atoms with Crippen molar-refractivity contribution in [3.05, 3.63) is 120 Å². The van der Waals surface area contributed by atoms with Crippen LogP contribution in [0.1, 0.15) is 99.9 Å². The van der Waals surface area contributed by atoms with Crippen LogP contribution in [0, 0.1) is 5.92 Å². The van der Waals surface area contributed by atoms with E-state index in [0.29, 0.717) is 37.5 Å². The van der Waals surface area contributed by atoms with Gasteiger partial charge in [-0.3, -0.25) is 62.5 Å². The zero-order valence-corrected chi connectivity index (χ0v) is 62.1. The second-order valence-corrected chi connectivity index (χ2v) is 27.2. The maximum atomic E-state index is 14.7. The molecule has 0 aliphatic carbocycles. The van der Waals surface area contributed by atoms with Gasteiger partial charge < -0.3 is 107 Å². The summed E-state index contributed by atoms with van der Waals surface area (Å²) in [5.74, 6) is -11.5. The van der Waals surface area contributed by atoms with Gasteiger partial charge in [0.25, 0.3) is 11.8 Å². The lowest BCUT2D eigenvalue weighted by molar-refractivity contribution is -0.137. The van der Waals surface area contributed by atoms with E-state index in [9.17, 15) is 72.5 Å². The Morgan fingerprint density at radius 2 is 1.19 bits per heavy atom. The molecule has 12 atom stereocenters. The zero-order chi connectivity index (χ0) is 79.9. The van der Waals surface area contributed by atoms with Gasteiger partial charge >= 0.3 is 6.09 Å². The Labute approximate surface area is 633 Å². The number of carbonyl (C=O) groups is 13. The minimum atomic E-state index is -1.88. The largest absolute Gasteiger partial charge is 0.438 e. The summed E-state index contributed by atoms with van der Waals surface area (Å²) in [6.45, 7) is 3.27. The quantitative estimate of drug-likeness (QED) is 0.0210. The maximum absolute atomic E-state index is 14.7. The second kappa shape index (κ2) is 43.9. The number of carbonyl (C=O) groups excluding carboxylic acids is 13. The number of pyridine rings is 1. The summed E-state index contributed by atoms with van der Waals surface area (Å²) in [5.41, 5.74) is 31.7. The first-order valence-corrected chi connectivity index (χ1v) is 36.4. The van der Waals surface area contributed by atoms with Crippen LogP contribution in [0.5, 0.6) is 0 Å². The van der Waals surface area contributed by atoms with Crippen LogP contribution < -0.4 is 92.5 Å².